The molecular weight excluding hydrogens is 411 g/mol. The molecule has 3 aromatic rings. The number of carbonyl (C=O) groups excluding carboxylic acids is 1. The second-order valence-electron chi connectivity index (χ2n) is 7.27. The van der Waals surface area contributed by atoms with Crippen molar-refractivity contribution in [2.75, 3.05) is 5.32 Å². The summed E-state index contributed by atoms with van der Waals surface area (Å²) in [6, 6.07) is 6.53. The van der Waals surface area contributed by atoms with Gasteiger partial charge in [0.2, 0.25) is 0 Å². The molecule has 1 aromatic carbocycles. The fourth-order valence-corrected chi connectivity index (χ4v) is 3.57. The summed E-state index contributed by atoms with van der Waals surface area (Å²) in [5.74, 6) is -0.446. The minimum absolute atomic E-state index is 0.128. The minimum atomic E-state index is -0.486. The van der Waals surface area contributed by atoms with Crippen molar-refractivity contribution < 1.29 is 9.18 Å². The van der Waals surface area contributed by atoms with Crippen LogP contribution in [0.5, 0.6) is 0 Å². The van der Waals surface area contributed by atoms with E-state index in [0.29, 0.717) is 21.6 Å². The summed E-state index contributed by atoms with van der Waals surface area (Å²) >= 11 is 3.23. The smallest absolute Gasteiger partial charge is 0.256 e. The third-order valence-corrected chi connectivity index (χ3v) is 5.26. The first-order chi connectivity index (χ1) is 12.8. The number of benzene rings is 1. The average Bonchev–Trinajstić information content (AvgIpc) is 3.40. The number of nitrogens with zero attached hydrogens (tertiary/aromatic N) is 3. The fraction of sp³-hybridized carbons (Fsp3) is 0.350. The van der Waals surface area contributed by atoms with Crippen molar-refractivity contribution >= 4 is 38.6 Å². The fourth-order valence-electron chi connectivity index (χ4n) is 3.24. The van der Waals surface area contributed by atoms with E-state index in [4.69, 9.17) is 4.98 Å². The molecule has 0 spiro atoms. The molecule has 0 radical (unpaired) electrons. The lowest BCUT2D eigenvalue weighted by molar-refractivity contribution is 0.102. The van der Waals surface area contributed by atoms with E-state index in [0.717, 1.165) is 29.6 Å². The molecule has 1 aliphatic rings. The van der Waals surface area contributed by atoms with E-state index < -0.39 is 5.82 Å². The van der Waals surface area contributed by atoms with Gasteiger partial charge >= 0.3 is 0 Å². The summed E-state index contributed by atoms with van der Waals surface area (Å²) in [5, 5.41) is 8.01. The predicted molar refractivity (Wildman–Crippen MR) is 107 cm³/mol. The van der Waals surface area contributed by atoms with Crippen LogP contribution in [0.3, 0.4) is 0 Å². The van der Waals surface area contributed by atoms with Crippen LogP contribution < -0.4 is 5.32 Å². The Hall–Kier alpha value is -2.28. The van der Waals surface area contributed by atoms with Gasteiger partial charge in [0.15, 0.2) is 5.65 Å². The summed E-state index contributed by atoms with van der Waals surface area (Å²) < 4.78 is 16.6. The van der Waals surface area contributed by atoms with E-state index >= 15 is 0 Å². The molecule has 2 aromatic heterocycles. The Morgan fingerprint density at radius 2 is 2.07 bits per heavy atom. The van der Waals surface area contributed by atoms with Gasteiger partial charge in [-0.25, -0.2) is 14.1 Å². The number of carbonyl (C=O) groups is 1. The molecule has 0 unspecified atom stereocenters. The second kappa shape index (κ2) is 6.71. The second-order valence-corrected chi connectivity index (χ2v) is 8.19. The van der Waals surface area contributed by atoms with E-state index in [1.54, 1.807) is 12.1 Å². The van der Waals surface area contributed by atoms with Crippen LogP contribution in [0.2, 0.25) is 0 Å². The van der Waals surface area contributed by atoms with E-state index in [1.807, 2.05) is 31.5 Å². The van der Waals surface area contributed by atoms with Crippen LogP contribution >= 0.6 is 15.9 Å². The Bertz CT molecular complexity index is 1060. The molecule has 0 aliphatic heterocycles. The first kappa shape index (κ1) is 18.1. The van der Waals surface area contributed by atoms with Crippen molar-refractivity contribution in [3.63, 3.8) is 0 Å². The number of pyridine rings is 1. The summed E-state index contributed by atoms with van der Waals surface area (Å²) in [6.07, 6.45) is 2.16. The molecule has 1 N–H and O–H groups in total. The van der Waals surface area contributed by atoms with Crippen LogP contribution in [0.1, 0.15) is 60.4 Å². The third kappa shape index (κ3) is 3.36. The molecule has 0 atom stereocenters. The Balaban J connectivity index is 1.83. The first-order valence-corrected chi connectivity index (χ1v) is 9.80. The van der Waals surface area contributed by atoms with Crippen molar-refractivity contribution in [1.29, 1.82) is 0 Å². The number of aryl methyl sites for hydroxylation is 1. The zero-order valence-corrected chi connectivity index (χ0v) is 17.0. The van der Waals surface area contributed by atoms with Crippen molar-refractivity contribution in [3.8, 4) is 0 Å². The number of aromatic nitrogens is 3. The SMILES string of the molecule is Cc1nn(C(C)C)c2nc(C3CC3)cc(C(=O)Nc3ccc(Br)cc3F)c12. The molecule has 27 heavy (non-hydrogen) atoms. The van der Waals surface area contributed by atoms with Crippen molar-refractivity contribution in [3.05, 3.63) is 51.5 Å². The highest BCUT2D eigenvalue weighted by Crippen LogP contribution is 2.40. The quantitative estimate of drug-likeness (QED) is 0.606. The minimum Gasteiger partial charge on any atom is -0.319 e. The Morgan fingerprint density at radius 3 is 2.70 bits per heavy atom. The summed E-state index contributed by atoms with van der Waals surface area (Å²) in [5.41, 5.74) is 3.01. The lowest BCUT2D eigenvalue weighted by atomic mass is 10.1. The Labute approximate surface area is 165 Å². The number of halogens is 2. The maximum Gasteiger partial charge on any atom is 0.256 e. The molecule has 1 saturated carbocycles. The van der Waals surface area contributed by atoms with Gasteiger partial charge in [0.05, 0.1) is 22.3 Å². The van der Waals surface area contributed by atoms with Crippen LogP contribution in [0, 0.1) is 12.7 Å². The van der Waals surface area contributed by atoms with Crippen LogP contribution in [0.4, 0.5) is 10.1 Å². The summed E-state index contributed by atoms with van der Waals surface area (Å²) in [4.78, 5) is 17.8. The number of fused-ring (bicyclic) bond motifs is 1. The zero-order valence-electron chi connectivity index (χ0n) is 15.4. The van der Waals surface area contributed by atoms with Gasteiger partial charge in [-0.3, -0.25) is 4.79 Å². The Morgan fingerprint density at radius 1 is 1.33 bits per heavy atom. The normalized spacial score (nSPS) is 14.1. The van der Waals surface area contributed by atoms with Crippen molar-refractivity contribution in [1.82, 2.24) is 14.8 Å². The topological polar surface area (TPSA) is 59.8 Å². The van der Waals surface area contributed by atoms with Crippen LogP contribution in [-0.4, -0.2) is 20.7 Å². The number of hydrogen-bond donors (Lipinski definition) is 1. The monoisotopic (exact) mass is 430 g/mol. The standard InChI is InChI=1S/C20H20BrFN4O/c1-10(2)26-19-18(11(3)25-26)14(9-17(23-19)12-4-5-12)20(27)24-16-7-6-13(21)8-15(16)22/h6-10,12H,4-5H2,1-3H3,(H,24,27). The van der Waals surface area contributed by atoms with Gasteiger partial charge < -0.3 is 5.32 Å². The highest BCUT2D eigenvalue weighted by molar-refractivity contribution is 9.10. The van der Waals surface area contributed by atoms with Gasteiger partial charge in [0.1, 0.15) is 5.82 Å². The highest BCUT2D eigenvalue weighted by atomic mass is 79.9. The number of rotatable bonds is 4. The molecule has 140 valence electrons. The van der Waals surface area contributed by atoms with Crippen LogP contribution in [0.15, 0.2) is 28.7 Å². The molecule has 1 fully saturated rings. The molecule has 5 nitrogen and oxygen atoms in total. The molecule has 2 heterocycles. The van der Waals surface area contributed by atoms with Gasteiger partial charge in [-0.1, -0.05) is 15.9 Å². The first-order valence-electron chi connectivity index (χ1n) is 9.01. The largest absolute Gasteiger partial charge is 0.319 e. The van der Waals surface area contributed by atoms with Gasteiger partial charge in [-0.05, 0) is 57.9 Å². The van der Waals surface area contributed by atoms with Gasteiger partial charge in [0, 0.05) is 22.1 Å². The summed E-state index contributed by atoms with van der Waals surface area (Å²) in [7, 11) is 0. The predicted octanol–water partition coefficient (Wildman–Crippen LogP) is 5.35. The molecule has 4 rings (SSSR count). The third-order valence-electron chi connectivity index (χ3n) is 4.77. The van der Waals surface area contributed by atoms with Gasteiger partial charge in [-0.2, -0.15) is 5.10 Å². The highest BCUT2D eigenvalue weighted by Gasteiger charge is 2.29. The number of amides is 1. The maximum atomic E-state index is 14.2. The molecular formula is C20H20BrFN4O. The lowest BCUT2D eigenvalue weighted by Gasteiger charge is -2.11. The molecule has 1 amide bonds. The lowest BCUT2D eigenvalue weighted by Crippen LogP contribution is -2.15. The van der Waals surface area contributed by atoms with E-state index in [9.17, 15) is 9.18 Å². The Kier molecular flexibility index (Phi) is 4.50. The van der Waals surface area contributed by atoms with Crippen LogP contribution in [0.25, 0.3) is 11.0 Å². The molecule has 0 saturated heterocycles. The zero-order chi connectivity index (χ0) is 19.3. The van der Waals surface area contributed by atoms with E-state index in [-0.39, 0.29) is 17.6 Å². The molecule has 7 heteroatoms. The molecule has 0 bridgehead atoms. The van der Waals surface area contributed by atoms with E-state index in [1.165, 1.54) is 6.07 Å². The average molecular weight is 431 g/mol. The number of hydrogen-bond acceptors (Lipinski definition) is 3. The number of nitrogens with one attached hydrogen (secondary N) is 1. The van der Waals surface area contributed by atoms with Crippen molar-refractivity contribution in [2.45, 2.75) is 45.6 Å². The molecule has 1 aliphatic carbocycles. The maximum absolute atomic E-state index is 14.2. The van der Waals surface area contributed by atoms with Crippen LogP contribution in [-0.2, 0) is 0 Å². The van der Waals surface area contributed by atoms with E-state index in [2.05, 4.69) is 26.3 Å². The number of anilines is 1. The van der Waals surface area contributed by atoms with Crippen molar-refractivity contribution in [2.24, 2.45) is 0 Å². The summed E-state index contributed by atoms with van der Waals surface area (Å²) in [6.45, 7) is 5.94. The van der Waals surface area contributed by atoms with Gasteiger partial charge in [-0.15, -0.1) is 0 Å². The van der Waals surface area contributed by atoms with Gasteiger partial charge in [0.25, 0.3) is 5.91 Å².